The molecule has 0 saturated carbocycles. The van der Waals surface area contributed by atoms with Gasteiger partial charge in [-0.1, -0.05) is 0 Å². The molecule has 1 aliphatic heterocycles. The van der Waals surface area contributed by atoms with Crippen molar-refractivity contribution in [1.82, 2.24) is 24.4 Å². The van der Waals surface area contributed by atoms with Gasteiger partial charge in [0.05, 0.1) is 6.33 Å². The van der Waals surface area contributed by atoms with E-state index in [0.29, 0.717) is 37.8 Å². The molecule has 1 saturated heterocycles. The first-order valence-electron chi connectivity index (χ1n) is 9.11. The summed E-state index contributed by atoms with van der Waals surface area (Å²) < 4.78 is 1.35. The number of amides is 1. The zero-order valence-electron chi connectivity index (χ0n) is 16.0. The van der Waals surface area contributed by atoms with Crippen molar-refractivity contribution in [2.75, 3.05) is 42.9 Å². The maximum absolute atomic E-state index is 12.5. The summed E-state index contributed by atoms with van der Waals surface area (Å²) in [6.45, 7) is 9.04. The second-order valence-corrected chi connectivity index (χ2v) is 6.59. The minimum absolute atomic E-state index is 0.0172. The van der Waals surface area contributed by atoms with Crippen LogP contribution in [0.2, 0.25) is 0 Å². The van der Waals surface area contributed by atoms with Crippen molar-refractivity contribution in [3.05, 3.63) is 40.2 Å². The predicted octanol–water partition coefficient (Wildman–Crippen LogP) is 0.431. The molecule has 9 nitrogen and oxygen atoms in total. The summed E-state index contributed by atoms with van der Waals surface area (Å²) in [5.41, 5.74) is 1.34. The molecule has 0 atom stereocenters. The van der Waals surface area contributed by atoms with Gasteiger partial charge in [-0.25, -0.2) is 9.97 Å². The highest BCUT2D eigenvalue weighted by atomic mass is 16.2. The summed E-state index contributed by atoms with van der Waals surface area (Å²) in [7, 11) is 0. The van der Waals surface area contributed by atoms with Crippen LogP contribution in [-0.2, 0) is 11.3 Å². The molecule has 1 N–H and O–H groups in total. The van der Waals surface area contributed by atoms with E-state index in [1.807, 2.05) is 19.9 Å². The molecule has 0 radical (unpaired) electrons. The van der Waals surface area contributed by atoms with Gasteiger partial charge in [0.15, 0.2) is 0 Å². The molecule has 0 unspecified atom stereocenters. The van der Waals surface area contributed by atoms with Gasteiger partial charge in [-0.05, 0) is 20.8 Å². The first kappa shape index (κ1) is 18.8. The lowest BCUT2D eigenvalue weighted by molar-refractivity contribution is -0.132. The lowest BCUT2D eigenvalue weighted by atomic mass is 10.3. The maximum Gasteiger partial charge on any atom is 0.253 e. The molecular weight excluding hydrogens is 346 g/mol. The molecule has 9 heteroatoms. The first-order chi connectivity index (χ1) is 13.0. The largest absolute Gasteiger partial charge is 0.354 e. The molecule has 1 amide bonds. The van der Waals surface area contributed by atoms with E-state index in [-0.39, 0.29) is 18.0 Å². The molecule has 0 bridgehead atoms. The van der Waals surface area contributed by atoms with Crippen LogP contribution in [0.15, 0.2) is 23.3 Å². The van der Waals surface area contributed by atoms with Gasteiger partial charge in [0.25, 0.3) is 5.56 Å². The number of nitrogens with one attached hydrogen (secondary N) is 1. The smallest absolute Gasteiger partial charge is 0.253 e. The highest BCUT2D eigenvalue weighted by Crippen LogP contribution is 2.17. The molecule has 0 spiro atoms. The van der Waals surface area contributed by atoms with Crippen LogP contribution >= 0.6 is 0 Å². The Kier molecular flexibility index (Phi) is 5.68. The third-order valence-corrected chi connectivity index (χ3v) is 4.45. The third kappa shape index (κ3) is 4.60. The molecule has 27 heavy (non-hydrogen) atoms. The number of anilines is 2. The Morgan fingerprint density at radius 2 is 1.85 bits per heavy atom. The van der Waals surface area contributed by atoms with E-state index in [1.165, 1.54) is 17.0 Å². The minimum atomic E-state index is -0.207. The fraction of sp³-hybridized carbons (Fsp3) is 0.500. The summed E-state index contributed by atoms with van der Waals surface area (Å²) in [4.78, 5) is 41.4. The predicted molar refractivity (Wildman–Crippen MR) is 103 cm³/mol. The van der Waals surface area contributed by atoms with E-state index in [9.17, 15) is 9.59 Å². The van der Waals surface area contributed by atoms with Crippen molar-refractivity contribution in [2.45, 2.75) is 27.3 Å². The minimum Gasteiger partial charge on any atom is -0.354 e. The molecular formula is C18H25N7O2. The first-order valence-corrected chi connectivity index (χ1v) is 9.11. The van der Waals surface area contributed by atoms with Crippen LogP contribution < -0.4 is 15.8 Å². The molecule has 2 aromatic heterocycles. The number of aromatic nitrogens is 4. The Bertz CT molecular complexity index is 872. The fourth-order valence-corrected chi connectivity index (χ4v) is 3.02. The Hall–Kier alpha value is -2.97. The number of hydrogen-bond acceptors (Lipinski definition) is 7. The molecule has 1 fully saturated rings. The number of carbonyl (C=O) groups excluding carboxylic acids is 1. The van der Waals surface area contributed by atoms with Gasteiger partial charge >= 0.3 is 0 Å². The number of carbonyl (C=O) groups is 1. The summed E-state index contributed by atoms with van der Waals surface area (Å²) in [6, 6.07) is 3.39. The van der Waals surface area contributed by atoms with Gasteiger partial charge in [0, 0.05) is 56.2 Å². The van der Waals surface area contributed by atoms with E-state index in [4.69, 9.17) is 0 Å². The quantitative estimate of drug-likeness (QED) is 0.814. The van der Waals surface area contributed by atoms with Crippen LogP contribution in [0.1, 0.15) is 18.3 Å². The SMILES string of the molecule is CCNc1nc(C)cc(N2CCN(C(=O)Cn3cnc(C)cc3=O)CC2)n1. The van der Waals surface area contributed by atoms with Crippen LogP contribution in [0, 0.1) is 13.8 Å². The third-order valence-electron chi connectivity index (χ3n) is 4.45. The molecule has 2 aromatic rings. The van der Waals surface area contributed by atoms with Crippen molar-refractivity contribution in [1.29, 1.82) is 0 Å². The van der Waals surface area contributed by atoms with Gasteiger partial charge < -0.3 is 15.1 Å². The monoisotopic (exact) mass is 371 g/mol. The Labute approximate surface area is 158 Å². The van der Waals surface area contributed by atoms with Crippen molar-refractivity contribution in [3.8, 4) is 0 Å². The highest BCUT2D eigenvalue weighted by molar-refractivity contribution is 5.76. The van der Waals surface area contributed by atoms with Gasteiger partial charge in [0.1, 0.15) is 12.4 Å². The fourth-order valence-electron chi connectivity index (χ4n) is 3.02. The van der Waals surface area contributed by atoms with Crippen LogP contribution in [-0.4, -0.2) is 63.0 Å². The maximum atomic E-state index is 12.5. The van der Waals surface area contributed by atoms with Gasteiger partial charge in [-0.2, -0.15) is 4.98 Å². The normalized spacial score (nSPS) is 14.3. The van der Waals surface area contributed by atoms with Crippen molar-refractivity contribution >= 4 is 17.7 Å². The zero-order valence-corrected chi connectivity index (χ0v) is 16.0. The summed E-state index contributed by atoms with van der Waals surface area (Å²) in [6.07, 6.45) is 1.43. The number of rotatable bonds is 5. The van der Waals surface area contributed by atoms with Crippen LogP contribution in [0.25, 0.3) is 0 Å². The van der Waals surface area contributed by atoms with E-state index in [2.05, 4.69) is 25.2 Å². The zero-order chi connectivity index (χ0) is 19.4. The number of piperazine rings is 1. The molecule has 1 aliphatic rings. The average molecular weight is 371 g/mol. The number of nitrogens with zero attached hydrogens (tertiary/aromatic N) is 6. The van der Waals surface area contributed by atoms with Crippen molar-refractivity contribution in [3.63, 3.8) is 0 Å². The highest BCUT2D eigenvalue weighted by Gasteiger charge is 2.23. The van der Waals surface area contributed by atoms with Gasteiger partial charge in [0.2, 0.25) is 11.9 Å². The topological polar surface area (TPSA) is 96.3 Å². The summed E-state index contributed by atoms with van der Waals surface area (Å²) in [5, 5.41) is 3.14. The Morgan fingerprint density at radius 1 is 1.11 bits per heavy atom. The molecule has 0 aliphatic carbocycles. The molecule has 3 rings (SSSR count). The van der Waals surface area contributed by atoms with Gasteiger partial charge in [-0.15, -0.1) is 0 Å². The average Bonchev–Trinajstić information content (AvgIpc) is 2.64. The number of hydrogen-bond donors (Lipinski definition) is 1. The second-order valence-electron chi connectivity index (χ2n) is 6.59. The van der Waals surface area contributed by atoms with E-state index >= 15 is 0 Å². The van der Waals surface area contributed by atoms with Gasteiger partial charge in [-0.3, -0.25) is 14.2 Å². The Morgan fingerprint density at radius 3 is 2.52 bits per heavy atom. The standard InChI is InChI=1S/C18H25N7O2/c1-4-19-18-21-14(3)9-15(22-18)23-5-7-24(8-6-23)17(27)11-25-12-20-13(2)10-16(25)26/h9-10,12H,4-8,11H2,1-3H3,(H,19,21,22). The lowest BCUT2D eigenvalue weighted by Crippen LogP contribution is -2.50. The molecule has 0 aromatic carbocycles. The second kappa shape index (κ2) is 8.15. The van der Waals surface area contributed by atoms with E-state index < -0.39 is 0 Å². The van der Waals surface area contributed by atoms with Crippen molar-refractivity contribution < 1.29 is 4.79 Å². The van der Waals surface area contributed by atoms with Crippen LogP contribution in [0.3, 0.4) is 0 Å². The molecule has 3 heterocycles. The van der Waals surface area contributed by atoms with E-state index in [1.54, 1.807) is 11.8 Å². The Balaban J connectivity index is 1.61. The molecule has 144 valence electrons. The van der Waals surface area contributed by atoms with Crippen molar-refractivity contribution in [2.24, 2.45) is 0 Å². The van der Waals surface area contributed by atoms with Crippen LogP contribution in [0.4, 0.5) is 11.8 Å². The summed E-state index contributed by atoms with van der Waals surface area (Å²) in [5.74, 6) is 1.41. The number of aryl methyl sites for hydroxylation is 2. The van der Waals surface area contributed by atoms with Crippen LogP contribution in [0.5, 0.6) is 0 Å². The lowest BCUT2D eigenvalue weighted by Gasteiger charge is -2.35. The summed E-state index contributed by atoms with van der Waals surface area (Å²) >= 11 is 0. The van der Waals surface area contributed by atoms with E-state index in [0.717, 1.165) is 18.1 Å².